The summed E-state index contributed by atoms with van der Waals surface area (Å²) >= 11 is 1.30. The van der Waals surface area contributed by atoms with Gasteiger partial charge in [0.15, 0.2) is 5.13 Å². The number of anilines is 2. The highest BCUT2D eigenvalue weighted by Gasteiger charge is 2.30. The van der Waals surface area contributed by atoms with Gasteiger partial charge in [-0.15, -0.1) is 0 Å². The maximum atomic E-state index is 11.0. The third kappa shape index (κ3) is 5.90. The van der Waals surface area contributed by atoms with Gasteiger partial charge in [0.05, 0.1) is 17.3 Å². The number of nitrogens with one attached hydrogen (secondary N) is 3. The quantitative estimate of drug-likeness (QED) is 0.631. The predicted octanol–water partition coefficient (Wildman–Crippen LogP) is 4.61. The molecule has 0 radical (unpaired) electrons. The summed E-state index contributed by atoms with van der Waals surface area (Å²) in [6.45, 7) is 3.63. The molecule has 1 saturated heterocycles. The minimum atomic E-state index is -0.560. The maximum absolute atomic E-state index is 11.0. The molecule has 1 aromatic carbocycles. The van der Waals surface area contributed by atoms with Crippen molar-refractivity contribution in [2.75, 3.05) is 24.3 Å². The van der Waals surface area contributed by atoms with Gasteiger partial charge >= 0.3 is 6.09 Å². The molecule has 2 fully saturated rings. The van der Waals surface area contributed by atoms with Crippen LogP contribution in [-0.4, -0.2) is 37.2 Å². The molecule has 2 heterocycles. The van der Waals surface area contributed by atoms with E-state index in [0.717, 1.165) is 28.1 Å². The monoisotopic (exact) mass is 418 g/mol. The number of carbonyl (C=O) groups is 2. The van der Waals surface area contributed by atoms with E-state index < -0.39 is 6.09 Å². The number of benzene rings is 1. The second-order valence-electron chi connectivity index (χ2n) is 7.67. The van der Waals surface area contributed by atoms with E-state index in [4.69, 9.17) is 0 Å². The summed E-state index contributed by atoms with van der Waals surface area (Å²) in [5.41, 5.74) is 1.43. The second kappa shape index (κ2) is 10.5. The van der Waals surface area contributed by atoms with Crippen molar-refractivity contribution in [1.29, 1.82) is 0 Å². The molecular formula is C21H30N4O3S. The first kappa shape index (κ1) is 21.5. The average Bonchev–Trinajstić information content (AvgIpc) is 3.34. The van der Waals surface area contributed by atoms with Crippen LogP contribution in [0.2, 0.25) is 0 Å². The highest BCUT2D eigenvalue weighted by Crippen LogP contribution is 2.35. The van der Waals surface area contributed by atoms with Crippen molar-refractivity contribution in [2.24, 2.45) is 11.8 Å². The lowest BCUT2D eigenvalue weighted by Crippen LogP contribution is -2.29. The van der Waals surface area contributed by atoms with Crippen LogP contribution in [0.4, 0.5) is 15.6 Å². The van der Waals surface area contributed by atoms with Crippen molar-refractivity contribution < 1.29 is 14.3 Å². The van der Waals surface area contributed by atoms with E-state index >= 15 is 0 Å². The molecule has 2 aromatic rings. The molecule has 1 aliphatic carbocycles. The molecule has 7 nitrogen and oxygen atoms in total. The van der Waals surface area contributed by atoms with Crippen LogP contribution in [-0.2, 0) is 9.53 Å². The Bertz CT molecular complexity index is 819. The van der Waals surface area contributed by atoms with Crippen LogP contribution < -0.4 is 16.0 Å². The van der Waals surface area contributed by atoms with Crippen LogP contribution in [0, 0.1) is 11.8 Å². The molecule has 158 valence electrons. The van der Waals surface area contributed by atoms with Crippen LogP contribution in [0.3, 0.4) is 0 Å². The molecule has 1 aliphatic heterocycles. The molecule has 2 aliphatic rings. The molecule has 2 amide bonds. The Labute approximate surface area is 175 Å². The first-order valence-electron chi connectivity index (χ1n) is 10.3. The predicted molar refractivity (Wildman–Crippen MR) is 117 cm³/mol. The van der Waals surface area contributed by atoms with E-state index in [0.29, 0.717) is 17.2 Å². The Morgan fingerprint density at radius 1 is 1.28 bits per heavy atom. The van der Waals surface area contributed by atoms with E-state index in [1.54, 1.807) is 18.2 Å². The zero-order valence-electron chi connectivity index (χ0n) is 17.1. The van der Waals surface area contributed by atoms with Crippen molar-refractivity contribution in [3.05, 3.63) is 18.2 Å². The summed E-state index contributed by atoms with van der Waals surface area (Å²) in [5.74, 6) is 2.06. The smallest absolute Gasteiger partial charge is 0.413 e. The second-order valence-corrected chi connectivity index (χ2v) is 8.70. The molecule has 2 atom stereocenters. The van der Waals surface area contributed by atoms with Gasteiger partial charge in [0.25, 0.3) is 0 Å². The first-order chi connectivity index (χ1) is 14.1. The molecule has 29 heavy (non-hydrogen) atoms. The highest BCUT2D eigenvalue weighted by molar-refractivity contribution is 7.22. The van der Waals surface area contributed by atoms with Crippen molar-refractivity contribution in [3.8, 4) is 0 Å². The van der Waals surface area contributed by atoms with Gasteiger partial charge in [0, 0.05) is 11.7 Å². The lowest BCUT2D eigenvalue weighted by Gasteiger charge is -2.29. The number of ether oxygens (including phenoxy) is 1. The zero-order valence-corrected chi connectivity index (χ0v) is 17.9. The third-order valence-electron chi connectivity index (χ3n) is 5.85. The number of carbonyl (C=O) groups excluding carboxylic acids is 2. The average molecular weight is 419 g/mol. The van der Waals surface area contributed by atoms with Crippen LogP contribution in [0.5, 0.6) is 0 Å². The lowest BCUT2D eigenvalue weighted by atomic mass is 9.77. The normalized spacial score (nSPS) is 21.9. The maximum Gasteiger partial charge on any atom is 0.413 e. The Kier molecular flexibility index (Phi) is 7.83. The topological polar surface area (TPSA) is 92.3 Å². The van der Waals surface area contributed by atoms with Gasteiger partial charge in [-0.2, -0.15) is 0 Å². The fourth-order valence-electron chi connectivity index (χ4n) is 4.36. The fraction of sp³-hybridized carbons (Fsp3) is 0.571. The van der Waals surface area contributed by atoms with Gasteiger partial charge in [-0.3, -0.25) is 10.1 Å². The molecule has 8 heteroatoms. The third-order valence-corrected chi connectivity index (χ3v) is 6.78. The fourth-order valence-corrected chi connectivity index (χ4v) is 5.25. The van der Waals surface area contributed by atoms with Gasteiger partial charge in [-0.1, -0.05) is 43.4 Å². The number of amides is 2. The van der Waals surface area contributed by atoms with E-state index in [2.05, 4.69) is 32.6 Å². The lowest BCUT2D eigenvalue weighted by molar-refractivity contribution is -0.105. The summed E-state index contributed by atoms with van der Waals surface area (Å²) in [5, 5.41) is 9.06. The van der Waals surface area contributed by atoms with Gasteiger partial charge < -0.3 is 15.4 Å². The SMILES string of the molecule is CC1NCCC1C1CCCCC1.COC(=O)Nc1nc2ccc(NC=O)cc2s1. The minimum absolute atomic E-state index is 0.454. The summed E-state index contributed by atoms with van der Waals surface area (Å²) in [7, 11) is 1.29. The van der Waals surface area contributed by atoms with Crippen LogP contribution >= 0.6 is 11.3 Å². The molecule has 3 N–H and O–H groups in total. The van der Waals surface area contributed by atoms with Gasteiger partial charge in [0.1, 0.15) is 0 Å². The van der Waals surface area contributed by atoms with Crippen LogP contribution in [0.1, 0.15) is 45.4 Å². The number of aromatic nitrogens is 1. The van der Waals surface area contributed by atoms with E-state index in [9.17, 15) is 9.59 Å². The van der Waals surface area contributed by atoms with E-state index in [1.165, 1.54) is 63.5 Å². The van der Waals surface area contributed by atoms with Gasteiger partial charge in [0.2, 0.25) is 6.41 Å². The van der Waals surface area contributed by atoms with Crippen molar-refractivity contribution >= 4 is 44.9 Å². The van der Waals surface area contributed by atoms with E-state index in [1.807, 2.05) is 0 Å². The van der Waals surface area contributed by atoms with Crippen molar-refractivity contribution in [1.82, 2.24) is 10.3 Å². The summed E-state index contributed by atoms with van der Waals surface area (Å²) in [6.07, 6.45) is 8.98. The molecule has 0 spiro atoms. The molecule has 2 unspecified atom stereocenters. The molecule has 1 saturated carbocycles. The standard InChI is InChI=1S/C11H21N.C10H9N3O3S/c1-9-11(7-8-12-9)10-5-3-2-4-6-10;1-16-10(15)13-9-12-7-3-2-6(11-5-14)4-8(7)17-9/h9-12H,2-8H2,1H3;2-5H,1H3,(H,11,14)(H,12,13,15). The van der Waals surface area contributed by atoms with Crippen molar-refractivity contribution in [2.45, 2.75) is 51.5 Å². The highest BCUT2D eigenvalue weighted by atomic mass is 32.1. The Hall–Kier alpha value is -2.19. The number of hydrogen-bond acceptors (Lipinski definition) is 6. The molecule has 4 rings (SSSR count). The van der Waals surface area contributed by atoms with Crippen LogP contribution in [0.15, 0.2) is 18.2 Å². The largest absolute Gasteiger partial charge is 0.453 e. The van der Waals surface area contributed by atoms with Crippen LogP contribution in [0.25, 0.3) is 10.2 Å². The number of methoxy groups -OCH3 is 1. The van der Waals surface area contributed by atoms with Gasteiger partial charge in [-0.25, -0.2) is 9.78 Å². The number of hydrogen-bond donors (Lipinski definition) is 3. The number of fused-ring (bicyclic) bond motifs is 1. The first-order valence-corrected chi connectivity index (χ1v) is 11.1. The number of rotatable bonds is 4. The van der Waals surface area contributed by atoms with Gasteiger partial charge in [-0.05, 0) is 49.9 Å². The summed E-state index contributed by atoms with van der Waals surface area (Å²) in [4.78, 5) is 25.5. The Morgan fingerprint density at radius 3 is 2.72 bits per heavy atom. The molecule has 1 aromatic heterocycles. The number of nitrogens with zero attached hydrogens (tertiary/aromatic N) is 1. The summed E-state index contributed by atoms with van der Waals surface area (Å²) < 4.78 is 5.33. The van der Waals surface area contributed by atoms with E-state index in [-0.39, 0.29) is 0 Å². The van der Waals surface area contributed by atoms with Crippen molar-refractivity contribution in [3.63, 3.8) is 0 Å². The summed E-state index contributed by atoms with van der Waals surface area (Å²) in [6, 6.07) is 6.08. The molecular weight excluding hydrogens is 388 g/mol. The number of thiazole rings is 1. The minimum Gasteiger partial charge on any atom is -0.453 e. The zero-order chi connectivity index (χ0) is 20.6. The Balaban J connectivity index is 0.000000176. The Morgan fingerprint density at radius 2 is 2.07 bits per heavy atom. The molecule has 0 bridgehead atoms.